The minimum atomic E-state index is -0.0724. The maximum Gasteiger partial charge on any atom is 0.254 e. The summed E-state index contributed by atoms with van der Waals surface area (Å²) in [7, 11) is 0. The van der Waals surface area contributed by atoms with E-state index in [1.54, 1.807) is 11.0 Å². The van der Waals surface area contributed by atoms with Gasteiger partial charge in [-0.15, -0.1) is 0 Å². The third-order valence-electron chi connectivity index (χ3n) is 3.62. The summed E-state index contributed by atoms with van der Waals surface area (Å²) in [5.74, 6) is 0.309. The first-order valence-electron chi connectivity index (χ1n) is 6.22. The second-order valence-corrected chi connectivity index (χ2v) is 5.47. The molecule has 0 saturated carbocycles. The van der Waals surface area contributed by atoms with Crippen LogP contribution in [0.2, 0.25) is 5.02 Å². The third-order valence-corrected chi connectivity index (χ3v) is 3.84. The fourth-order valence-electron chi connectivity index (χ4n) is 2.56. The van der Waals surface area contributed by atoms with Crippen molar-refractivity contribution in [3.63, 3.8) is 0 Å². The zero-order valence-electron chi connectivity index (χ0n) is 10.7. The highest BCUT2D eigenvalue weighted by molar-refractivity contribution is 6.31. The summed E-state index contributed by atoms with van der Waals surface area (Å²) >= 11 is 5.98. The molecule has 1 aromatic carbocycles. The van der Waals surface area contributed by atoms with Crippen LogP contribution < -0.4 is 0 Å². The summed E-state index contributed by atoms with van der Waals surface area (Å²) in [4.78, 5) is 14.2. The molecule has 0 spiro atoms. The first kappa shape index (κ1) is 13.4. The van der Waals surface area contributed by atoms with Crippen LogP contribution in [0.15, 0.2) is 18.2 Å². The van der Waals surface area contributed by atoms with Crippen molar-refractivity contribution in [2.45, 2.75) is 26.3 Å². The number of halogens is 1. The second kappa shape index (κ2) is 5.29. The molecule has 98 valence electrons. The number of benzene rings is 1. The van der Waals surface area contributed by atoms with Gasteiger partial charge in [-0.25, -0.2) is 0 Å². The number of aliphatic hydroxyl groups is 1. The van der Waals surface area contributed by atoms with Gasteiger partial charge in [0.1, 0.15) is 0 Å². The first-order valence-corrected chi connectivity index (χ1v) is 6.59. The summed E-state index contributed by atoms with van der Waals surface area (Å²) in [5, 5.41) is 9.97. The summed E-state index contributed by atoms with van der Waals surface area (Å²) in [6, 6.07) is 5.28. The molecule has 3 nitrogen and oxygen atoms in total. The molecule has 18 heavy (non-hydrogen) atoms. The highest BCUT2D eigenvalue weighted by atomic mass is 35.5. The Hall–Kier alpha value is -1.06. The quantitative estimate of drug-likeness (QED) is 0.894. The van der Waals surface area contributed by atoms with Crippen molar-refractivity contribution in [3.8, 4) is 0 Å². The predicted octanol–water partition coefficient (Wildman–Crippen LogP) is 2.49. The van der Waals surface area contributed by atoms with Crippen LogP contribution in [0, 0.1) is 12.8 Å². The Morgan fingerprint density at radius 1 is 1.50 bits per heavy atom. The van der Waals surface area contributed by atoms with Gasteiger partial charge in [0.2, 0.25) is 0 Å². The molecule has 0 aliphatic carbocycles. The van der Waals surface area contributed by atoms with Crippen molar-refractivity contribution in [1.82, 2.24) is 4.90 Å². The van der Waals surface area contributed by atoms with Gasteiger partial charge in [-0.05, 0) is 43.0 Å². The summed E-state index contributed by atoms with van der Waals surface area (Å²) < 4.78 is 0. The average Bonchev–Trinajstić information content (AvgIpc) is 2.68. The number of nitrogens with zero attached hydrogens (tertiary/aromatic N) is 1. The smallest absolute Gasteiger partial charge is 0.254 e. The van der Waals surface area contributed by atoms with Gasteiger partial charge in [0.25, 0.3) is 5.91 Å². The summed E-state index contributed by atoms with van der Waals surface area (Å²) in [6.07, 6.45) is 0.941. The van der Waals surface area contributed by atoms with E-state index in [0.717, 1.165) is 12.0 Å². The van der Waals surface area contributed by atoms with Crippen molar-refractivity contribution in [2.75, 3.05) is 13.2 Å². The van der Waals surface area contributed by atoms with Gasteiger partial charge in [0, 0.05) is 17.1 Å². The summed E-state index contributed by atoms with van der Waals surface area (Å²) in [6.45, 7) is 4.71. The Kier molecular flexibility index (Phi) is 3.93. The fraction of sp³-hybridized carbons (Fsp3) is 0.500. The van der Waals surface area contributed by atoms with Gasteiger partial charge in [0.15, 0.2) is 0 Å². The monoisotopic (exact) mass is 267 g/mol. The number of aliphatic hydroxyl groups excluding tert-OH is 1. The molecule has 2 rings (SSSR count). The number of hydrogen-bond donors (Lipinski definition) is 1. The molecule has 0 aromatic heterocycles. The van der Waals surface area contributed by atoms with E-state index in [0.29, 0.717) is 23.0 Å². The molecule has 1 saturated heterocycles. The van der Waals surface area contributed by atoms with Crippen LogP contribution in [0.4, 0.5) is 0 Å². The van der Waals surface area contributed by atoms with E-state index in [4.69, 9.17) is 11.6 Å². The molecule has 1 fully saturated rings. The van der Waals surface area contributed by atoms with Crippen LogP contribution in [-0.2, 0) is 0 Å². The van der Waals surface area contributed by atoms with Crippen LogP contribution in [0.25, 0.3) is 0 Å². The topological polar surface area (TPSA) is 40.5 Å². The van der Waals surface area contributed by atoms with Gasteiger partial charge in [-0.3, -0.25) is 4.79 Å². The second-order valence-electron chi connectivity index (χ2n) is 5.03. The van der Waals surface area contributed by atoms with Crippen LogP contribution in [0.3, 0.4) is 0 Å². The minimum absolute atomic E-state index is 0.0203. The lowest BCUT2D eigenvalue weighted by atomic mass is 10.0. The summed E-state index contributed by atoms with van der Waals surface area (Å²) in [5.41, 5.74) is 1.58. The molecule has 4 heteroatoms. The van der Waals surface area contributed by atoms with E-state index in [2.05, 4.69) is 6.92 Å². The largest absolute Gasteiger partial charge is 0.394 e. The van der Waals surface area contributed by atoms with Gasteiger partial charge >= 0.3 is 0 Å². The lowest BCUT2D eigenvalue weighted by molar-refractivity contribution is 0.0648. The molecule has 2 unspecified atom stereocenters. The maximum atomic E-state index is 12.4. The van der Waals surface area contributed by atoms with Crippen LogP contribution in [0.5, 0.6) is 0 Å². The first-order chi connectivity index (χ1) is 8.52. The zero-order valence-corrected chi connectivity index (χ0v) is 11.4. The van der Waals surface area contributed by atoms with Gasteiger partial charge < -0.3 is 10.0 Å². The Morgan fingerprint density at radius 3 is 2.83 bits per heavy atom. The van der Waals surface area contributed by atoms with E-state index < -0.39 is 0 Å². The molecule has 1 amide bonds. The van der Waals surface area contributed by atoms with Gasteiger partial charge in [0.05, 0.1) is 12.6 Å². The van der Waals surface area contributed by atoms with Crippen molar-refractivity contribution in [1.29, 1.82) is 0 Å². The highest BCUT2D eigenvalue weighted by Gasteiger charge is 2.34. The molecule has 0 radical (unpaired) electrons. The molecule has 1 aromatic rings. The van der Waals surface area contributed by atoms with Crippen LogP contribution in [-0.4, -0.2) is 35.1 Å². The molecule has 1 aliphatic heterocycles. The van der Waals surface area contributed by atoms with Crippen molar-refractivity contribution in [2.24, 2.45) is 5.92 Å². The maximum absolute atomic E-state index is 12.4. The van der Waals surface area contributed by atoms with Crippen molar-refractivity contribution in [3.05, 3.63) is 34.3 Å². The van der Waals surface area contributed by atoms with Gasteiger partial charge in [-0.1, -0.05) is 18.5 Å². The van der Waals surface area contributed by atoms with Crippen molar-refractivity contribution >= 4 is 17.5 Å². The molecule has 2 atom stereocenters. The predicted molar refractivity (Wildman–Crippen MR) is 71.9 cm³/mol. The van der Waals surface area contributed by atoms with E-state index >= 15 is 0 Å². The molecule has 1 heterocycles. The number of hydrogen-bond acceptors (Lipinski definition) is 2. The molecule has 1 aliphatic rings. The minimum Gasteiger partial charge on any atom is -0.394 e. The number of likely N-dealkylation sites (tertiary alicyclic amines) is 1. The fourth-order valence-corrected chi connectivity index (χ4v) is 2.85. The van der Waals surface area contributed by atoms with Crippen LogP contribution >= 0.6 is 11.6 Å². The molecular weight excluding hydrogens is 250 g/mol. The number of amides is 1. The van der Waals surface area contributed by atoms with Gasteiger partial charge in [-0.2, -0.15) is 0 Å². The number of aryl methyl sites for hydroxylation is 1. The van der Waals surface area contributed by atoms with E-state index in [9.17, 15) is 9.90 Å². The van der Waals surface area contributed by atoms with E-state index in [1.807, 2.05) is 19.1 Å². The normalized spacial score (nSPS) is 23.4. The SMILES string of the molecule is Cc1cc(Cl)cc(C(=O)N2CCC(C)C2CO)c1. The van der Waals surface area contributed by atoms with Crippen LogP contribution in [0.1, 0.15) is 29.3 Å². The lowest BCUT2D eigenvalue weighted by Gasteiger charge is -2.25. The Labute approximate surface area is 112 Å². The molecule has 1 N–H and O–H groups in total. The van der Waals surface area contributed by atoms with E-state index in [1.165, 1.54) is 0 Å². The van der Waals surface area contributed by atoms with Crippen molar-refractivity contribution < 1.29 is 9.90 Å². The lowest BCUT2D eigenvalue weighted by Crippen LogP contribution is -2.39. The zero-order chi connectivity index (χ0) is 13.3. The Bertz CT molecular complexity index is 441. The number of carbonyl (C=O) groups is 1. The number of carbonyl (C=O) groups excluding carboxylic acids is 1. The average molecular weight is 268 g/mol. The number of rotatable bonds is 2. The Balaban J connectivity index is 2.25. The standard InChI is InChI=1S/C14H18ClNO2/c1-9-5-11(7-12(15)6-9)14(18)16-4-3-10(2)13(16)8-17/h5-7,10,13,17H,3-4,8H2,1-2H3. The highest BCUT2D eigenvalue weighted by Crippen LogP contribution is 2.26. The third kappa shape index (κ3) is 2.52. The Morgan fingerprint density at radius 2 is 2.22 bits per heavy atom. The molecular formula is C14H18ClNO2. The molecule has 0 bridgehead atoms. The van der Waals surface area contributed by atoms with E-state index in [-0.39, 0.29) is 18.6 Å².